The van der Waals surface area contributed by atoms with Crippen molar-refractivity contribution in [3.05, 3.63) is 0 Å². The first-order valence-corrected chi connectivity index (χ1v) is 10.6. The molecule has 0 rings (SSSR count). The third kappa shape index (κ3) is 11.6. The number of aliphatic carboxylic acids is 1. The standard InChI is InChI=1S/C20H37N5O7/c1-10(2)7-12(21)17(28)23-13(5-6-16(22)27)18(29)25-15(9-26)19(30)24-14(20(31)32)8-11(3)4/h10-15,26H,5-9,21H2,1-4H3,(H2,22,27)(H,23,28)(H,24,30)(H,25,29)(H,31,32). The van der Waals surface area contributed by atoms with E-state index in [1.807, 2.05) is 13.8 Å². The minimum absolute atomic E-state index is 0.0259. The number of carbonyl (C=O) groups is 5. The van der Waals surface area contributed by atoms with E-state index >= 15 is 0 Å². The van der Waals surface area contributed by atoms with Gasteiger partial charge in [0, 0.05) is 6.42 Å². The lowest BCUT2D eigenvalue weighted by Gasteiger charge is -2.24. The van der Waals surface area contributed by atoms with Gasteiger partial charge in [-0.3, -0.25) is 19.2 Å². The Balaban J connectivity index is 5.30. The van der Waals surface area contributed by atoms with Crippen LogP contribution in [0.25, 0.3) is 0 Å². The fraction of sp³-hybridized carbons (Fsp3) is 0.750. The van der Waals surface area contributed by atoms with Crippen LogP contribution in [0.2, 0.25) is 0 Å². The maximum Gasteiger partial charge on any atom is 0.326 e. The van der Waals surface area contributed by atoms with Crippen LogP contribution in [0.3, 0.4) is 0 Å². The summed E-state index contributed by atoms with van der Waals surface area (Å²) in [4.78, 5) is 59.9. The molecule has 0 radical (unpaired) electrons. The van der Waals surface area contributed by atoms with E-state index in [4.69, 9.17) is 11.5 Å². The zero-order chi connectivity index (χ0) is 25.0. The molecule has 32 heavy (non-hydrogen) atoms. The van der Waals surface area contributed by atoms with E-state index in [9.17, 15) is 34.2 Å². The van der Waals surface area contributed by atoms with Crippen molar-refractivity contribution < 1.29 is 34.2 Å². The molecule has 0 fully saturated rings. The second kappa shape index (κ2) is 14.4. The average Bonchev–Trinajstić information content (AvgIpc) is 2.66. The number of carboxylic acid groups (broad SMARTS) is 1. The number of primary amides is 1. The van der Waals surface area contributed by atoms with Crippen molar-refractivity contribution in [2.75, 3.05) is 6.61 Å². The van der Waals surface area contributed by atoms with Crippen molar-refractivity contribution >= 4 is 29.6 Å². The number of hydrogen-bond acceptors (Lipinski definition) is 7. The van der Waals surface area contributed by atoms with Gasteiger partial charge in [0.25, 0.3) is 0 Å². The Bertz CT molecular complexity index is 669. The largest absolute Gasteiger partial charge is 0.480 e. The summed E-state index contributed by atoms with van der Waals surface area (Å²) in [6.45, 7) is 6.50. The molecule has 4 unspecified atom stereocenters. The van der Waals surface area contributed by atoms with Gasteiger partial charge >= 0.3 is 5.97 Å². The van der Waals surface area contributed by atoms with E-state index in [1.165, 1.54) is 0 Å². The van der Waals surface area contributed by atoms with Crippen molar-refractivity contribution in [3.63, 3.8) is 0 Å². The third-order valence-corrected chi connectivity index (χ3v) is 4.51. The van der Waals surface area contributed by atoms with Crippen LogP contribution in [0.5, 0.6) is 0 Å². The molecule has 0 saturated carbocycles. The molecule has 184 valence electrons. The number of carboxylic acids is 1. The van der Waals surface area contributed by atoms with Gasteiger partial charge in [-0.15, -0.1) is 0 Å². The zero-order valence-electron chi connectivity index (χ0n) is 19.1. The maximum absolute atomic E-state index is 12.7. The molecule has 0 bridgehead atoms. The molecule has 0 aliphatic rings. The van der Waals surface area contributed by atoms with Crippen molar-refractivity contribution in [3.8, 4) is 0 Å². The summed E-state index contributed by atoms with van der Waals surface area (Å²) in [5.41, 5.74) is 11.0. The Morgan fingerprint density at radius 3 is 1.69 bits per heavy atom. The lowest BCUT2D eigenvalue weighted by atomic mass is 10.0. The number of hydrogen-bond donors (Lipinski definition) is 7. The van der Waals surface area contributed by atoms with E-state index in [2.05, 4.69) is 16.0 Å². The number of amides is 4. The number of aliphatic hydroxyl groups excluding tert-OH is 1. The Morgan fingerprint density at radius 1 is 0.781 bits per heavy atom. The molecule has 9 N–H and O–H groups in total. The predicted octanol–water partition coefficient (Wildman–Crippen LogP) is -1.80. The summed E-state index contributed by atoms with van der Waals surface area (Å²) >= 11 is 0. The summed E-state index contributed by atoms with van der Waals surface area (Å²) in [6.07, 6.45) is 0.151. The first-order valence-electron chi connectivity index (χ1n) is 10.6. The molecule has 0 aliphatic carbocycles. The average molecular weight is 460 g/mol. The highest BCUT2D eigenvalue weighted by molar-refractivity contribution is 5.94. The fourth-order valence-electron chi connectivity index (χ4n) is 2.88. The minimum atomic E-state index is -1.46. The Labute approximate surface area is 187 Å². The lowest BCUT2D eigenvalue weighted by molar-refractivity contribution is -0.143. The van der Waals surface area contributed by atoms with Crippen LogP contribution >= 0.6 is 0 Å². The molecule has 12 nitrogen and oxygen atoms in total. The maximum atomic E-state index is 12.7. The molecule has 0 saturated heterocycles. The van der Waals surface area contributed by atoms with Gasteiger partial charge in [-0.25, -0.2) is 4.79 Å². The number of aliphatic hydroxyl groups is 1. The predicted molar refractivity (Wildman–Crippen MR) is 116 cm³/mol. The van der Waals surface area contributed by atoms with Crippen LogP contribution in [0.1, 0.15) is 53.4 Å². The van der Waals surface area contributed by atoms with Gasteiger partial charge in [-0.2, -0.15) is 0 Å². The number of carbonyl (C=O) groups excluding carboxylic acids is 4. The molecule has 4 amide bonds. The highest BCUT2D eigenvalue weighted by Gasteiger charge is 2.30. The Morgan fingerprint density at radius 2 is 1.25 bits per heavy atom. The zero-order valence-corrected chi connectivity index (χ0v) is 19.1. The molecule has 0 aromatic rings. The molecule has 12 heteroatoms. The normalized spacial score (nSPS) is 14.9. The van der Waals surface area contributed by atoms with Gasteiger partial charge in [0.1, 0.15) is 18.1 Å². The highest BCUT2D eigenvalue weighted by Crippen LogP contribution is 2.07. The Kier molecular flexibility index (Phi) is 13.1. The quantitative estimate of drug-likeness (QED) is 0.148. The SMILES string of the molecule is CC(C)CC(N)C(=O)NC(CCC(N)=O)C(=O)NC(CO)C(=O)NC(CC(C)C)C(=O)O. The van der Waals surface area contributed by atoms with E-state index in [1.54, 1.807) is 13.8 Å². The fourth-order valence-corrected chi connectivity index (χ4v) is 2.88. The monoisotopic (exact) mass is 459 g/mol. The molecule has 0 aromatic heterocycles. The van der Waals surface area contributed by atoms with Gasteiger partial charge in [0.15, 0.2) is 0 Å². The second-order valence-electron chi connectivity index (χ2n) is 8.57. The van der Waals surface area contributed by atoms with Gasteiger partial charge in [0.2, 0.25) is 23.6 Å². The lowest BCUT2D eigenvalue weighted by Crippen LogP contribution is -2.58. The summed E-state index contributed by atoms with van der Waals surface area (Å²) in [7, 11) is 0. The van der Waals surface area contributed by atoms with Crippen LogP contribution in [0.15, 0.2) is 0 Å². The smallest absolute Gasteiger partial charge is 0.326 e. The van der Waals surface area contributed by atoms with Gasteiger partial charge in [-0.05, 0) is 31.1 Å². The van der Waals surface area contributed by atoms with E-state index in [0.717, 1.165) is 0 Å². The molecule has 4 atom stereocenters. The minimum Gasteiger partial charge on any atom is -0.480 e. The van der Waals surface area contributed by atoms with Gasteiger partial charge < -0.3 is 37.6 Å². The summed E-state index contributed by atoms with van der Waals surface area (Å²) in [5, 5.41) is 25.8. The van der Waals surface area contributed by atoms with E-state index in [-0.39, 0.29) is 31.1 Å². The molecule has 0 heterocycles. The molecule has 0 aliphatic heterocycles. The summed E-state index contributed by atoms with van der Waals surface area (Å²) in [6, 6.07) is -4.79. The number of nitrogens with one attached hydrogen (secondary N) is 3. The number of nitrogens with two attached hydrogens (primary N) is 2. The van der Waals surface area contributed by atoms with E-state index in [0.29, 0.717) is 6.42 Å². The summed E-state index contributed by atoms with van der Waals surface area (Å²) < 4.78 is 0. The van der Waals surface area contributed by atoms with Crippen molar-refractivity contribution in [1.82, 2.24) is 16.0 Å². The Hall–Kier alpha value is -2.73. The summed E-state index contributed by atoms with van der Waals surface area (Å²) in [5.74, 6) is -4.20. The van der Waals surface area contributed by atoms with Crippen LogP contribution in [0.4, 0.5) is 0 Å². The van der Waals surface area contributed by atoms with Crippen LogP contribution < -0.4 is 27.4 Å². The van der Waals surface area contributed by atoms with Crippen LogP contribution in [0, 0.1) is 11.8 Å². The van der Waals surface area contributed by atoms with Crippen molar-refractivity contribution in [2.24, 2.45) is 23.3 Å². The molecule has 0 aromatic carbocycles. The van der Waals surface area contributed by atoms with Gasteiger partial charge in [-0.1, -0.05) is 27.7 Å². The van der Waals surface area contributed by atoms with Crippen molar-refractivity contribution in [1.29, 1.82) is 0 Å². The second-order valence-corrected chi connectivity index (χ2v) is 8.57. The highest BCUT2D eigenvalue weighted by atomic mass is 16.4. The first kappa shape index (κ1) is 29.3. The third-order valence-electron chi connectivity index (χ3n) is 4.51. The first-order chi connectivity index (χ1) is 14.8. The molecular formula is C20H37N5O7. The topological polar surface area (TPSA) is 214 Å². The van der Waals surface area contributed by atoms with Crippen LogP contribution in [-0.4, -0.2) is 70.6 Å². The van der Waals surface area contributed by atoms with E-state index < -0.39 is 60.4 Å². The molecule has 0 spiro atoms. The number of rotatable bonds is 15. The molecular weight excluding hydrogens is 422 g/mol. The van der Waals surface area contributed by atoms with Crippen molar-refractivity contribution in [2.45, 2.75) is 77.5 Å². The van der Waals surface area contributed by atoms with Crippen LogP contribution in [-0.2, 0) is 24.0 Å². The van der Waals surface area contributed by atoms with Gasteiger partial charge in [0.05, 0.1) is 12.6 Å².